The second kappa shape index (κ2) is 10.4. The highest BCUT2D eigenvalue weighted by Gasteiger charge is 2.41. The molecule has 37 heavy (non-hydrogen) atoms. The Morgan fingerprint density at radius 2 is 1.38 bits per heavy atom. The molecule has 2 nitrogen and oxygen atoms in total. The molecule has 0 aliphatic heterocycles. The van der Waals surface area contributed by atoms with Crippen molar-refractivity contribution >= 4 is 0 Å². The van der Waals surface area contributed by atoms with Gasteiger partial charge in [0, 0.05) is 11.6 Å². The molecule has 1 saturated carbocycles. The molecule has 0 unspecified atom stereocenters. The first-order valence-corrected chi connectivity index (χ1v) is 11.2. The average molecular weight is 528 g/mol. The van der Waals surface area contributed by atoms with Crippen LogP contribution in [-0.2, 0) is 10.8 Å². The molecule has 0 bridgehead atoms. The summed E-state index contributed by atoms with van der Waals surface area (Å²) < 4.78 is 123. The maximum atomic E-state index is 14.8. The molecule has 3 aromatic rings. The Bertz CT molecular complexity index is 1300. The number of hydrogen-bond acceptors (Lipinski definition) is 2. The molecule has 196 valence electrons. The number of benzene rings is 3. The van der Waals surface area contributed by atoms with Crippen LogP contribution in [0.15, 0.2) is 54.3 Å². The van der Waals surface area contributed by atoms with E-state index in [9.17, 15) is 35.1 Å². The molecule has 0 heterocycles. The molecular formula is C27H20F8O2. The first-order chi connectivity index (χ1) is 17.5. The Labute approximate surface area is 207 Å². The predicted octanol–water partition coefficient (Wildman–Crippen LogP) is 8.50. The van der Waals surface area contributed by atoms with Gasteiger partial charge in [0.2, 0.25) is 0 Å². The van der Waals surface area contributed by atoms with E-state index in [1.54, 1.807) is 6.26 Å². The standard InChI is InChI=1S/C27H20F8O2/c1-36-13-14-2-4-15(5-3-14)16-8-21(29)25(22(30)9-16)27(34,35)37-18-6-7-19(20(28)12-18)17-10-23(31)26(33)24(32)11-17/h6-13,15H,2-5H2,1H3. The molecule has 1 aliphatic carbocycles. The lowest BCUT2D eigenvalue weighted by molar-refractivity contribution is -0.189. The highest BCUT2D eigenvalue weighted by molar-refractivity contribution is 5.65. The lowest BCUT2D eigenvalue weighted by Crippen LogP contribution is -2.25. The molecule has 10 heteroatoms. The van der Waals surface area contributed by atoms with E-state index in [0.29, 0.717) is 43.9 Å². The number of rotatable bonds is 6. The maximum Gasteiger partial charge on any atom is 0.432 e. The summed E-state index contributed by atoms with van der Waals surface area (Å²) in [5.74, 6) is -10.2. The van der Waals surface area contributed by atoms with Gasteiger partial charge in [0.25, 0.3) is 0 Å². The van der Waals surface area contributed by atoms with Gasteiger partial charge in [-0.2, -0.15) is 8.78 Å². The van der Waals surface area contributed by atoms with Crippen LogP contribution in [0.1, 0.15) is 42.7 Å². The minimum Gasteiger partial charge on any atom is -0.504 e. The third-order valence-corrected chi connectivity index (χ3v) is 6.22. The van der Waals surface area contributed by atoms with E-state index in [1.165, 1.54) is 7.11 Å². The van der Waals surface area contributed by atoms with E-state index in [-0.39, 0.29) is 11.5 Å². The van der Waals surface area contributed by atoms with Crippen molar-refractivity contribution < 1.29 is 44.6 Å². The Hall–Kier alpha value is -3.56. The number of alkyl halides is 2. The molecule has 1 fully saturated rings. The second-order valence-electron chi connectivity index (χ2n) is 8.66. The van der Waals surface area contributed by atoms with E-state index in [1.807, 2.05) is 0 Å². The molecule has 0 saturated heterocycles. The Kier molecular flexibility index (Phi) is 7.47. The van der Waals surface area contributed by atoms with Crippen LogP contribution in [0, 0.1) is 34.9 Å². The van der Waals surface area contributed by atoms with Crippen LogP contribution in [0.25, 0.3) is 11.1 Å². The highest BCUT2D eigenvalue weighted by atomic mass is 19.3. The number of hydrogen-bond donors (Lipinski definition) is 0. The van der Waals surface area contributed by atoms with Gasteiger partial charge in [0.1, 0.15) is 28.8 Å². The summed E-state index contributed by atoms with van der Waals surface area (Å²) >= 11 is 0. The van der Waals surface area contributed by atoms with E-state index in [0.717, 1.165) is 29.8 Å². The quantitative estimate of drug-likeness (QED) is 0.181. The van der Waals surface area contributed by atoms with Gasteiger partial charge in [-0.1, -0.05) is 0 Å². The summed E-state index contributed by atoms with van der Waals surface area (Å²) in [4.78, 5) is 0. The zero-order chi connectivity index (χ0) is 26.9. The molecule has 0 N–H and O–H groups in total. The van der Waals surface area contributed by atoms with Gasteiger partial charge in [-0.25, -0.2) is 26.3 Å². The number of halogens is 8. The minimum absolute atomic E-state index is 0.232. The minimum atomic E-state index is -4.52. The molecule has 1 aliphatic rings. The van der Waals surface area contributed by atoms with Crippen LogP contribution in [0.3, 0.4) is 0 Å². The van der Waals surface area contributed by atoms with Gasteiger partial charge >= 0.3 is 6.11 Å². The summed E-state index contributed by atoms with van der Waals surface area (Å²) in [5, 5.41) is 0. The fourth-order valence-electron chi connectivity index (χ4n) is 4.42. The zero-order valence-electron chi connectivity index (χ0n) is 19.4. The lowest BCUT2D eigenvalue weighted by Gasteiger charge is -2.25. The van der Waals surface area contributed by atoms with Gasteiger partial charge in [0.05, 0.1) is 13.4 Å². The van der Waals surface area contributed by atoms with E-state index in [4.69, 9.17) is 4.74 Å². The molecule has 0 radical (unpaired) electrons. The van der Waals surface area contributed by atoms with Gasteiger partial charge in [-0.3, -0.25) is 0 Å². The third-order valence-electron chi connectivity index (χ3n) is 6.22. The van der Waals surface area contributed by atoms with Gasteiger partial charge < -0.3 is 9.47 Å². The molecular weight excluding hydrogens is 508 g/mol. The highest BCUT2D eigenvalue weighted by Crippen LogP contribution is 2.40. The van der Waals surface area contributed by atoms with Crippen LogP contribution in [0.2, 0.25) is 0 Å². The fraction of sp³-hybridized carbons (Fsp3) is 0.259. The summed E-state index contributed by atoms with van der Waals surface area (Å²) in [5.41, 5.74) is -1.19. The molecule has 3 aromatic carbocycles. The van der Waals surface area contributed by atoms with Crippen molar-refractivity contribution in [2.24, 2.45) is 0 Å². The molecule has 0 amide bonds. The van der Waals surface area contributed by atoms with Crippen LogP contribution in [0.5, 0.6) is 5.75 Å². The monoisotopic (exact) mass is 528 g/mol. The van der Waals surface area contributed by atoms with Gasteiger partial charge in [-0.15, -0.1) is 0 Å². The summed E-state index contributed by atoms with van der Waals surface area (Å²) in [7, 11) is 1.52. The van der Waals surface area contributed by atoms with Crippen LogP contribution < -0.4 is 4.74 Å². The Morgan fingerprint density at radius 1 is 0.784 bits per heavy atom. The van der Waals surface area contributed by atoms with Crippen molar-refractivity contribution in [3.8, 4) is 16.9 Å². The smallest absolute Gasteiger partial charge is 0.432 e. The van der Waals surface area contributed by atoms with Crippen molar-refractivity contribution in [1.29, 1.82) is 0 Å². The van der Waals surface area contributed by atoms with Crippen LogP contribution >= 0.6 is 0 Å². The molecule has 0 spiro atoms. The molecule has 0 atom stereocenters. The SMILES string of the molecule is COC=C1CCC(c2cc(F)c(C(F)(F)Oc3ccc(-c4cc(F)c(F)c(F)c4)c(F)c3)c(F)c2)CC1. The van der Waals surface area contributed by atoms with Crippen molar-refractivity contribution in [3.63, 3.8) is 0 Å². The Balaban J connectivity index is 1.56. The topological polar surface area (TPSA) is 18.5 Å². The van der Waals surface area contributed by atoms with Crippen LogP contribution in [0.4, 0.5) is 35.1 Å². The first kappa shape index (κ1) is 26.5. The van der Waals surface area contributed by atoms with E-state index < -0.39 is 63.5 Å². The maximum absolute atomic E-state index is 14.8. The number of ether oxygens (including phenoxy) is 2. The lowest BCUT2D eigenvalue weighted by atomic mass is 9.81. The Morgan fingerprint density at radius 3 is 1.92 bits per heavy atom. The predicted molar refractivity (Wildman–Crippen MR) is 119 cm³/mol. The number of methoxy groups -OCH3 is 1. The van der Waals surface area contributed by atoms with Crippen molar-refractivity contribution in [2.45, 2.75) is 37.7 Å². The number of allylic oxidation sites excluding steroid dienone is 1. The van der Waals surface area contributed by atoms with Crippen molar-refractivity contribution in [1.82, 2.24) is 0 Å². The first-order valence-electron chi connectivity index (χ1n) is 11.2. The van der Waals surface area contributed by atoms with Gasteiger partial charge in [0.15, 0.2) is 17.5 Å². The third kappa shape index (κ3) is 5.57. The van der Waals surface area contributed by atoms with Crippen molar-refractivity contribution in [3.05, 3.63) is 100 Å². The largest absolute Gasteiger partial charge is 0.504 e. The average Bonchev–Trinajstić information content (AvgIpc) is 2.82. The van der Waals surface area contributed by atoms with Crippen molar-refractivity contribution in [2.75, 3.05) is 7.11 Å². The summed E-state index contributed by atoms with van der Waals surface area (Å²) in [6.07, 6.45) is -0.496. The fourth-order valence-corrected chi connectivity index (χ4v) is 4.42. The molecule has 4 rings (SSSR count). The van der Waals surface area contributed by atoms with Gasteiger partial charge in [-0.05, 0) is 84.7 Å². The normalized spacial score (nSPS) is 16.0. The summed E-state index contributed by atoms with van der Waals surface area (Å²) in [6.45, 7) is 0. The second-order valence-corrected chi connectivity index (χ2v) is 8.66. The van der Waals surface area contributed by atoms with E-state index in [2.05, 4.69) is 4.74 Å². The summed E-state index contributed by atoms with van der Waals surface area (Å²) in [6, 6.07) is 4.87. The van der Waals surface area contributed by atoms with Crippen LogP contribution in [-0.4, -0.2) is 7.11 Å². The zero-order valence-corrected chi connectivity index (χ0v) is 19.4. The molecule has 0 aromatic heterocycles. The van der Waals surface area contributed by atoms with E-state index >= 15 is 0 Å².